The molecule has 11 N–H and O–H groups in total. The van der Waals surface area contributed by atoms with Crippen LogP contribution in [0, 0.1) is 0 Å². The van der Waals surface area contributed by atoms with Crippen LogP contribution in [0.2, 0.25) is 0 Å². The van der Waals surface area contributed by atoms with Gasteiger partial charge in [-0.1, -0.05) is 0 Å². The second-order valence-electron chi connectivity index (χ2n) is 7.20. The molecule has 0 radical (unpaired) electrons. The van der Waals surface area contributed by atoms with Crippen molar-refractivity contribution in [3.8, 4) is 0 Å². The van der Waals surface area contributed by atoms with E-state index in [4.69, 9.17) is 22.3 Å². The number of carbonyl (C=O) groups is 6. The van der Waals surface area contributed by atoms with Gasteiger partial charge in [0.25, 0.3) is 0 Å². The first-order valence-corrected chi connectivity index (χ1v) is 10.8. The van der Waals surface area contributed by atoms with E-state index in [0.29, 0.717) is 19.4 Å². The number of amides is 4. The minimum Gasteiger partial charge on any atom is -0.481 e. The monoisotopic (exact) mass is 492 g/mol. The van der Waals surface area contributed by atoms with Crippen LogP contribution in [0.25, 0.3) is 0 Å². The van der Waals surface area contributed by atoms with Gasteiger partial charge in [-0.15, -0.1) is 0 Å². The predicted molar refractivity (Wildman–Crippen MR) is 119 cm³/mol. The van der Waals surface area contributed by atoms with Crippen LogP contribution in [0.1, 0.15) is 38.5 Å². The average molecular weight is 493 g/mol. The van der Waals surface area contributed by atoms with Crippen LogP contribution >= 0.6 is 12.6 Å². The molecule has 0 bridgehead atoms. The van der Waals surface area contributed by atoms with E-state index in [2.05, 4.69) is 28.6 Å². The van der Waals surface area contributed by atoms with Gasteiger partial charge in [-0.3, -0.25) is 24.0 Å². The first kappa shape index (κ1) is 30.1. The molecule has 0 aromatic carbocycles. The Kier molecular flexibility index (Phi) is 14.4. The van der Waals surface area contributed by atoms with Crippen LogP contribution in [0.15, 0.2) is 0 Å². The van der Waals surface area contributed by atoms with Crippen molar-refractivity contribution in [3.05, 3.63) is 0 Å². The van der Waals surface area contributed by atoms with Crippen molar-refractivity contribution in [2.24, 2.45) is 17.2 Å². The molecule has 188 valence electrons. The number of carbonyl (C=O) groups excluding carboxylic acids is 4. The van der Waals surface area contributed by atoms with Gasteiger partial charge in [0.15, 0.2) is 0 Å². The number of thiol groups is 1. The minimum atomic E-state index is -1.40. The maximum Gasteiger partial charge on any atom is 0.326 e. The summed E-state index contributed by atoms with van der Waals surface area (Å²) in [5, 5.41) is 25.0. The number of hydrogen-bond donors (Lipinski definition) is 9. The molecule has 4 atom stereocenters. The fourth-order valence-electron chi connectivity index (χ4n) is 2.61. The van der Waals surface area contributed by atoms with Crippen LogP contribution in [-0.4, -0.2) is 82.2 Å². The van der Waals surface area contributed by atoms with Gasteiger partial charge >= 0.3 is 11.9 Å². The van der Waals surface area contributed by atoms with Crippen LogP contribution < -0.4 is 33.2 Å². The summed E-state index contributed by atoms with van der Waals surface area (Å²) >= 11 is 3.99. The van der Waals surface area contributed by atoms with Crippen molar-refractivity contribution >= 4 is 48.2 Å². The highest BCUT2D eigenvalue weighted by molar-refractivity contribution is 7.80. The first-order chi connectivity index (χ1) is 15.4. The molecule has 0 aliphatic heterocycles. The maximum absolute atomic E-state index is 12.6. The quantitative estimate of drug-likeness (QED) is 0.0719. The van der Waals surface area contributed by atoms with Gasteiger partial charge < -0.3 is 43.4 Å². The summed E-state index contributed by atoms with van der Waals surface area (Å²) in [7, 11) is 0. The smallest absolute Gasteiger partial charge is 0.326 e. The molecule has 0 saturated carbocycles. The largest absolute Gasteiger partial charge is 0.481 e. The van der Waals surface area contributed by atoms with E-state index in [1.54, 1.807) is 0 Å². The Labute approximate surface area is 195 Å². The highest BCUT2D eigenvalue weighted by atomic mass is 32.1. The molecule has 4 amide bonds. The lowest BCUT2D eigenvalue weighted by atomic mass is 10.1. The summed E-state index contributed by atoms with van der Waals surface area (Å²) in [6.07, 6.45) is -0.185. The zero-order chi connectivity index (χ0) is 25.6. The number of aliphatic carboxylic acids is 2. The third kappa shape index (κ3) is 12.6. The number of carboxylic acids is 2. The third-order valence-corrected chi connectivity index (χ3v) is 4.78. The lowest BCUT2D eigenvalue weighted by Crippen LogP contribution is -2.57. The Hall–Kier alpha value is -2.91. The molecule has 0 aromatic rings. The molecule has 0 rings (SSSR count). The van der Waals surface area contributed by atoms with Crippen molar-refractivity contribution < 1.29 is 39.0 Å². The summed E-state index contributed by atoms with van der Waals surface area (Å²) in [6.45, 7) is 0.363. The summed E-state index contributed by atoms with van der Waals surface area (Å²) in [6, 6.07) is -5.25. The number of rotatable bonds is 17. The Bertz CT molecular complexity index is 722. The summed E-state index contributed by atoms with van der Waals surface area (Å²) in [4.78, 5) is 70.5. The van der Waals surface area contributed by atoms with Crippen LogP contribution in [0.5, 0.6) is 0 Å². The van der Waals surface area contributed by atoms with Crippen LogP contribution in [-0.2, 0) is 28.8 Å². The number of hydrogen-bond acceptors (Lipinski definition) is 9. The third-order valence-electron chi connectivity index (χ3n) is 4.41. The van der Waals surface area contributed by atoms with Gasteiger partial charge in [0, 0.05) is 12.2 Å². The van der Waals surface area contributed by atoms with E-state index in [0.717, 1.165) is 0 Å². The Balaban J connectivity index is 5.26. The number of primary amides is 1. The summed E-state index contributed by atoms with van der Waals surface area (Å²) in [5.41, 5.74) is 15.9. The molecule has 0 aromatic heterocycles. The second-order valence-corrected chi connectivity index (χ2v) is 7.56. The van der Waals surface area contributed by atoms with Crippen molar-refractivity contribution in [2.45, 2.75) is 62.7 Å². The molecule has 0 heterocycles. The molecule has 14 nitrogen and oxygen atoms in total. The van der Waals surface area contributed by atoms with Crippen LogP contribution in [0.4, 0.5) is 0 Å². The van der Waals surface area contributed by atoms with Crippen molar-refractivity contribution in [1.29, 1.82) is 0 Å². The van der Waals surface area contributed by atoms with E-state index in [1.807, 2.05) is 0 Å². The van der Waals surface area contributed by atoms with Crippen molar-refractivity contribution in [3.63, 3.8) is 0 Å². The second kappa shape index (κ2) is 15.8. The predicted octanol–water partition coefficient (Wildman–Crippen LogP) is -3.35. The van der Waals surface area contributed by atoms with E-state index >= 15 is 0 Å². The van der Waals surface area contributed by atoms with Crippen molar-refractivity contribution in [2.75, 3.05) is 12.3 Å². The highest BCUT2D eigenvalue weighted by Gasteiger charge is 2.30. The number of nitrogens with two attached hydrogens (primary N) is 3. The molecular formula is C18H32N6O8S. The van der Waals surface area contributed by atoms with Crippen LogP contribution in [0.3, 0.4) is 0 Å². The zero-order valence-corrected chi connectivity index (χ0v) is 18.9. The fraction of sp³-hybridized carbons (Fsp3) is 0.667. The topological polar surface area (TPSA) is 257 Å². The van der Waals surface area contributed by atoms with Gasteiger partial charge in [-0.05, 0) is 32.2 Å². The average Bonchev–Trinajstić information content (AvgIpc) is 2.72. The van der Waals surface area contributed by atoms with Gasteiger partial charge in [-0.2, -0.15) is 12.6 Å². The van der Waals surface area contributed by atoms with Gasteiger partial charge in [0.2, 0.25) is 23.6 Å². The fourth-order valence-corrected chi connectivity index (χ4v) is 2.87. The minimum absolute atomic E-state index is 0.126. The van der Waals surface area contributed by atoms with Gasteiger partial charge in [-0.25, -0.2) is 4.79 Å². The van der Waals surface area contributed by atoms with E-state index in [-0.39, 0.29) is 18.6 Å². The standard InChI is InChI=1S/C18H32N6O8S/c19-6-2-1-3-11(18(31)32)23-17(30)12(8-33)24-16(29)10(4-5-14(26)27)22-15(28)9(20)7-13(21)25/h9-12,33H,1-8,19-20H2,(H2,21,25)(H,22,28)(H,23,30)(H,24,29)(H,26,27)(H,31,32). The van der Waals surface area contributed by atoms with E-state index < -0.39 is 72.6 Å². The Morgan fingerprint density at radius 3 is 1.85 bits per heavy atom. The lowest BCUT2D eigenvalue weighted by Gasteiger charge is -2.24. The van der Waals surface area contributed by atoms with E-state index in [1.165, 1.54) is 0 Å². The zero-order valence-electron chi connectivity index (χ0n) is 18.0. The number of nitrogens with one attached hydrogen (secondary N) is 3. The lowest BCUT2D eigenvalue weighted by molar-refractivity contribution is -0.142. The number of unbranched alkanes of at least 4 members (excludes halogenated alkanes) is 1. The first-order valence-electron chi connectivity index (χ1n) is 10.1. The van der Waals surface area contributed by atoms with Crippen molar-refractivity contribution in [1.82, 2.24) is 16.0 Å². The van der Waals surface area contributed by atoms with Gasteiger partial charge in [0.05, 0.1) is 12.5 Å². The molecule has 0 saturated heterocycles. The molecule has 15 heteroatoms. The molecule has 0 spiro atoms. The highest BCUT2D eigenvalue weighted by Crippen LogP contribution is 2.04. The Morgan fingerprint density at radius 1 is 0.818 bits per heavy atom. The molecule has 0 aliphatic carbocycles. The number of carboxylic acid groups (broad SMARTS) is 2. The SMILES string of the molecule is NCCCCC(NC(=O)C(CS)NC(=O)C(CCC(=O)O)NC(=O)C(N)CC(N)=O)C(=O)O. The molecule has 4 unspecified atom stereocenters. The summed E-state index contributed by atoms with van der Waals surface area (Å²) in [5.74, 6) is -6.23. The molecule has 0 fully saturated rings. The molecule has 0 aliphatic rings. The normalized spacial score (nSPS) is 14.3. The maximum atomic E-state index is 12.6. The van der Waals surface area contributed by atoms with E-state index in [9.17, 15) is 33.9 Å². The van der Waals surface area contributed by atoms with Gasteiger partial charge in [0.1, 0.15) is 18.1 Å². The summed E-state index contributed by atoms with van der Waals surface area (Å²) < 4.78 is 0. The Morgan fingerprint density at radius 2 is 1.36 bits per heavy atom. The molecule has 33 heavy (non-hydrogen) atoms. The molecular weight excluding hydrogens is 460 g/mol.